The SMILES string of the molecule is NNC(=O)c1ccc(-c2ccccc2)c(-c2ccccc2)c1-c1ccccc1. The summed E-state index contributed by atoms with van der Waals surface area (Å²) in [6, 6.07) is 34.1. The van der Waals surface area contributed by atoms with Gasteiger partial charge in [0.1, 0.15) is 0 Å². The van der Waals surface area contributed by atoms with Gasteiger partial charge in [0.25, 0.3) is 5.91 Å². The van der Waals surface area contributed by atoms with Crippen LogP contribution in [0.1, 0.15) is 10.4 Å². The predicted molar refractivity (Wildman–Crippen MR) is 114 cm³/mol. The predicted octanol–water partition coefficient (Wildman–Crippen LogP) is 5.29. The lowest BCUT2D eigenvalue weighted by Crippen LogP contribution is -2.30. The number of hydrogen-bond donors (Lipinski definition) is 2. The van der Waals surface area contributed by atoms with E-state index in [9.17, 15) is 4.79 Å². The highest BCUT2D eigenvalue weighted by Gasteiger charge is 2.21. The van der Waals surface area contributed by atoms with Gasteiger partial charge in [-0.25, -0.2) is 5.84 Å². The molecule has 0 radical (unpaired) electrons. The lowest BCUT2D eigenvalue weighted by molar-refractivity contribution is 0.0954. The fourth-order valence-electron chi connectivity index (χ4n) is 3.54. The van der Waals surface area contributed by atoms with Gasteiger partial charge in [0.05, 0.1) is 0 Å². The van der Waals surface area contributed by atoms with Crippen LogP contribution in [0, 0.1) is 0 Å². The molecule has 4 aromatic rings. The Labute approximate surface area is 164 Å². The van der Waals surface area contributed by atoms with Crippen molar-refractivity contribution in [3.8, 4) is 33.4 Å². The highest BCUT2D eigenvalue weighted by Crippen LogP contribution is 2.42. The number of carbonyl (C=O) groups is 1. The number of nitrogen functional groups attached to an aromatic ring is 1. The molecule has 0 saturated carbocycles. The largest absolute Gasteiger partial charge is 0.290 e. The first-order valence-corrected chi connectivity index (χ1v) is 9.14. The van der Waals surface area contributed by atoms with Crippen LogP contribution in [-0.4, -0.2) is 5.91 Å². The Bertz CT molecular complexity index is 1090. The maximum absolute atomic E-state index is 12.6. The van der Waals surface area contributed by atoms with Gasteiger partial charge in [-0.15, -0.1) is 0 Å². The van der Waals surface area contributed by atoms with Crippen LogP contribution in [0.25, 0.3) is 33.4 Å². The third-order valence-corrected chi connectivity index (χ3v) is 4.79. The second-order valence-electron chi connectivity index (χ2n) is 6.48. The first kappa shape index (κ1) is 17.7. The molecular weight excluding hydrogens is 344 g/mol. The van der Waals surface area contributed by atoms with Crippen molar-refractivity contribution in [1.82, 2.24) is 5.43 Å². The Hall–Kier alpha value is -3.69. The van der Waals surface area contributed by atoms with E-state index in [0.717, 1.165) is 33.4 Å². The zero-order valence-corrected chi connectivity index (χ0v) is 15.3. The summed E-state index contributed by atoms with van der Waals surface area (Å²) in [5.41, 5.74) is 8.91. The molecule has 3 nitrogen and oxygen atoms in total. The van der Waals surface area contributed by atoms with Gasteiger partial charge in [0.2, 0.25) is 0 Å². The van der Waals surface area contributed by atoms with E-state index in [-0.39, 0.29) is 5.91 Å². The molecule has 3 N–H and O–H groups in total. The summed E-state index contributed by atoms with van der Waals surface area (Å²) >= 11 is 0. The molecule has 0 heterocycles. The quantitative estimate of drug-likeness (QED) is 0.294. The van der Waals surface area contributed by atoms with Crippen molar-refractivity contribution in [2.75, 3.05) is 0 Å². The summed E-state index contributed by atoms with van der Waals surface area (Å²) in [4.78, 5) is 12.6. The molecule has 0 atom stereocenters. The number of nitrogens with one attached hydrogen (secondary N) is 1. The maximum Gasteiger partial charge on any atom is 0.265 e. The van der Waals surface area contributed by atoms with Crippen LogP contribution in [0.15, 0.2) is 103 Å². The van der Waals surface area contributed by atoms with Crippen LogP contribution < -0.4 is 11.3 Å². The molecule has 1 amide bonds. The number of hydrazine groups is 1. The molecule has 0 saturated heterocycles. The first-order chi connectivity index (χ1) is 13.8. The summed E-state index contributed by atoms with van der Waals surface area (Å²) in [7, 11) is 0. The Balaban J connectivity index is 2.12. The van der Waals surface area contributed by atoms with Crippen molar-refractivity contribution in [2.45, 2.75) is 0 Å². The lowest BCUT2D eigenvalue weighted by Gasteiger charge is -2.19. The van der Waals surface area contributed by atoms with Crippen LogP contribution in [0.2, 0.25) is 0 Å². The summed E-state index contributed by atoms with van der Waals surface area (Å²) in [6.45, 7) is 0. The number of benzene rings is 4. The van der Waals surface area contributed by atoms with E-state index in [1.165, 1.54) is 0 Å². The zero-order chi connectivity index (χ0) is 19.3. The van der Waals surface area contributed by atoms with Gasteiger partial charge in [-0.1, -0.05) is 97.1 Å². The van der Waals surface area contributed by atoms with E-state index >= 15 is 0 Å². The van der Waals surface area contributed by atoms with E-state index in [2.05, 4.69) is 29.7 Å². The van der Waals surface area contributed by atoms with Crippen LogP contribution in [0.4, 0.5) is 0 Å². The molecule has 0 bridgehead atoms. The minimum Gasteiger partial charge on any atom is -0.290 e. The molecule has 0 aliphatic rings. The van der Waals surface area contributed by atoms with Gasteiger partial charge in [-0.05, 0) is 33.9 Å². The molecule has 0 aliphatic heterocycles. The highest BCUT2D eigenvalue weighted by atomic mass is 16.2. The van der Waals surface area contributed by atoms with E-state index < -0.39 is 0 Å². The smallest absolute Gasteiger partial charge is 0.265 e. The molecule has 0 aromatic heterocycles. The highest BCUT2D eigenvalue weighted by molar-refractivity contribution is 6.07. The van der Waals surface area contributed by atoms with Crippen LogP contribution in [0.3, 0.4) is 0 Å². The van der Waals surface area contributed by atoms with Crippen LogP contribution in [0.5, 0.6) is 0 Å². The second kappa shape index (κ2) is 7.91. The molecule has 0 unspecified atom stereocenters. The standard InChI is InChI=1S/C25H20N2O/c26-27-25(28)22-17-16-21(18-10-4-1-5-11-18)23(19-12-6-2-7-13-19)24(22)20-14-8-3-9-15-20/h1-17H,26H2,(H,27,28). The summed E-state index contributed by atoms with van der Waals surface area (Å²) in [6.07, 6.45) is 0. The second-order valence-corrected chi connectivity index (χ2v) is 6.48. The molecular formula is C25H20N2O. The molecule has 136 valence electrons. The van der Waals surface area contributed by atoms with Crippen LogP contribution >= 0.6 is 0 Å². The fourth-order valence-corrected chi connectivity index (χ4v) is 3.54. The third-order valence-electron chi connectivity index (χ3n) is 4.79. The minimum atomic E-state index is -0.310. The number of hydrogen-bond acceptors (Lipinski definition) is 2. The molecule has 0 aliphatic carbocycles. The van der Waals surface area contributed by atoms with Crippen molar-refractivity contribution in [3.63, 3.8) is 0 Å². The summed E-state index contributed by atoms with van der Waals surface area (Å²) in [5.74, 6) is 5.18. The van der Waals surface area contributed by atoms with Gasteiger partial charge in [0.15, 0.2) is 0 Å². The van der Waals surface area contributed by atoms with Crippen molar-refractivity contribution < 1.29 is 4.79 Å². The maximum atomic E-state index is 12.6. The molecule has 28 heavy (non-hydrogen) atoms. The van der Waals surface area contributed by atoms with Crippen molar-refractivity contribution in [3.05, 3.63) is 109 Å². The number of rotatable bonds is 4. The molecule has 3 heteroatoms. The zero-order valence-electron chi connectivity index (χ0n) is 15.3. The first-order valence-electron chi connectivity index (χ1n) is 9.14. The average molecular weight is 364 g/mol. The molecule has 0 spiro atoms. The molecule has 4 rings (SSSR count). The topological polar surface area (TPSA) is 55.1 Å². The van der Waals surface area contributed by atoms with Gasteiger partial charge in [0, 0.05) is 11.1 Å². The fraction of sp³-hybridized carbons (Fsp3) is 0. The minimum absolute atomic E-state index is 0.310. The van der Waals surface area contributed by atoms with Crippen molar-refractivity contribution in [2.24, 2.45) is 5.84 Å². The number of amides is 1. The summed E-state index contributed by atoms with van der Waals surface area (Å²) in [5, 5.41) is 0. The monoisotopic (exact) mass is 364 g/mol. The van der Waals surface area contributed by atoms with Gasteiger partial charge in [-0.2, -0.15) is 0 Å². The van der Waals surface area contributed by atoms with Gasteiger partial charge in [-0.3, -0.25) is 10.2 Å². The number of carbonyl (C=O) groups excluding carboxylic acids is 1. The number of nitrogens with two attached hydrogens (primary N) is 1. The van der Waals surface area contributed by atoms with Crippen molar-refractivity contribution in [1.29, 1.82) is 0 Å². The van der Waals surface area contributed by atoms with E-state index in [1.807, 2.05) is 78.9 Å². The van der Waals surface area contributed by atoms with Gasteiger partial charge < -0.3 is 0 Å². The van der Waals surface area contributed by atoms with Gasteiger partial charge >= 0.3 is 0 Å². The van der Waals surface area contributed by atoms with Crippen LogP contribution in [-0.2, 0) is 0 Å². The summed E-state index contributed by atoms with van der Waals surface area (Å²) < 4.78 is 0. The molecule has 4 aromatic carbocycles. The Morgan fingerprint density at radius 1 is 0.571 bits per heavy atom. The normalized spacial score (nSPS) is 10.5. The van der Waals surface area contributed by atoms with E-state index in [4.69, 9.17) is 5.84 Å². The average Bonchev–Trinajstić information content (AvgIpc) is 2.79. The van der Waals surface area contributed by atoms with E-state index in [1.54, 1.807) is 0 Å². The van der Waals surface area contributed by atoms with Crippen molar-refractivity contribution >= 4 is 5.91 Å². The Kier molecular flexibility index (Phi) is 5.00. The van der Waals surface area contributed by atoms with E-state index in [0.29, 0.717) is 5.56 Å². The lowest BCUT2D eigenvalue weighted by atomic mass is 9.84. The molecule has 0 fully saturated rings. The Morgan fingerprint density at radius 3 is 1.54 bits per heavy atom. The third kappa shape index (κ3) is 3.31. The Morgan fingerprint density at radius 2 is 1.04 bits per heavy atom.